The van der Waals surface area contributed by atoms with Crippen LogP contribution in [-0.2, 0) is 4.79 Å². The van der Waals surface area contributed by atoms with E-state index in [9.17, 15) is 4.79 Å². The zero-order valence-corrected chi connectivity index (χ0v) is 15.0. The number of nitrogens with zero attached hydrogens (tertiary/aromatic N) is 1. The highest BCUT2D eigenvalue weighted by Crippen LogP contribution is 2.30. The lowest BCUT2D eigenvalue weighted by molar-refractivity contribution is -0.130. The molecule has 0 fully saturated rings. The number of amides is 1. The van der Waals surface area contributed by atoms with E-state index in [1.165, 1.54) is 16.5 Å². The Morgan fingerprint density at radius 3 is 2.48 bits per heavy atom. The highest BCUT2D eigenvalue weighted by Gasteiger charge is 2.21. The van der Waals surface area contributed by atoms with Crippen molar-refractivity contribution in [3.63, 3.8) is 0 Å². The fourth-order valence-electron chi connectivity index (χ4n) is 3.24. The summed E-state index contributed by atoms with van der Waals surface area (Å²) in [6.45, 7) is 2.62. The summed E-state index contributed by atoms with van der Waals surface area (Å²) < 4.78 is 0. The summed E-state index contributed by atoms with van der Waals surface area (Å²) in [5.41, 5.74) is 3.62. The largest absolute Gasteiger partial charge is 0.361 e. The Kier molecular flexibility index (Phi) is 5.19. The molecule has 0 radical (unpaired) electrons. The quantitative estimate of drug-likeness (QED) is 0.725. The maximum absolute atomic E-state index is 12.1. The van der Waals surface area contributed by atoms with E-state index in [4.69, 9.17) is 0 Å². The van der Waals surface area contributed by atoms with Gasteiger partial charge in [0.1, 0.15) is 0 Å². The van der Waals surface area contributed by atoms with Gasteiger partial charge in [-0.3, -0.25) is 4.79 Å². The van der Waals surface area contributed by atoms with Gasteiger partial charge in [-0.25, -0.2) is 0 Å². The van der Waals surface area contributed by atoms with Crippen LogP contribution in [0.4, 0.5) is 0 Å². The molecular formula is C21H25N3O. The SMILES string of the molecule is C[C@H](NC[C@@H](c1ccccc1)c1c[nH]c2ccccc12)C(=O)N(C)C. The molecule has 2 aromatic carbocycles. The third-order valence-electron chi connectivity index (χ3n) is 4.64. The molecule has 0 spiro atoms. The third kappa shape index (κ3) is 3.74. The number of carbonyl (C=O) groups excluding carboxylic acids is 1. The van der Waals surface area contributed by atoms with Gasteiger partial charge in [-0.15, -0.1) is 0 Å². The third-order valence-corrected chi connectivity index (χ3v) is 4.64. The van der Waals surface area contributed by atoms with Crippen LogP contribution < -0.4 is 5.32 Å². The Morgan fingerprint density at radius 2 is 1.76 bits per heavy atom. The van der Waals surface area contributed by atoms with Crippen LogP contribution >= 0.6 is 0 Å². The molecular weight excluding hydrogens is 310 g/mol. The molecule has 3 aromatic rings. The lowest BCUT2D eigenvalue weighted by Gasteiger charge is -2.23. The van der Waals surface area contributed by atoms with Crippen LogP contribution in [0, 0.1) is 0 Å². The summed E-state index contributed by atoms with van der Waals surface area (Å²) in [6.07, 6.45) is 2.09. The molecule has 0 bridgehead atoms. The normalized spacial score (nSPS) is 13.6. The number of hydrogen-bond donors (Lipinski definition) is 2. The van der Waals surface area contributed by atoms with Crippen molar-refractivity contribution in [1.82, 2.24) is 15.2 Å². The van der Waals surface area contributed by atoms with E-state index >= 15 is 0 Å². The number of hydrogen-bond acceptors (Lipinski definition) is 2. The molecule has 2 atom stereocenters. The maximum atomic E-state index is 12.1. The number of rotatable bonds is 6. The van der Waals surface area contributed by atoms with Crippen molar-refractivity contribution in [3.05, 3.63) is 71.9 Å². The second-order valence-corrected chi connectivity index (χ2v) is 6.62. The molecule has 25 heavy (non-hydrogen) atoms. The molecule has 1 aromatic heterocycles. The van der Waals surface area contributed by atoms with Gasteiger partial charge in [-0.1, -0.05) is 48.5 Å². The molecule has 0 aliphatic rings. The number of aromatic nitrogens is 1. The Hall–Kier alpha value is -2.59. The van der Waals surface area contributed by atoms with E-state index in [0.717, 1.165) is 5.52 Å². The lowest BCUT2D eigenvalue weighted by atomic mass is 9.90. The number of para-hydroxylation sites is 1. The fourth-order valence-corrected chi connectivity index (χ4v) is 3.24. The first-order valence-electron chi connectivity index (χ1n) is 8.63. The molecule has 4 nitrogen and oxygen atoms in total. The minimum Gasteiger partial charge on any atom is -0.361 e. The first kappa shape index (κ1) is 17.2. The molecule has 0 unspecified atom stereocenters. The molecule has 2 N–H and O–H groups in total. The average Bonchev–Trinajstić information content (AvgIpc) is 3.06. The van der Waals surface area contributed by atoms with Crippen molar-refractivity contribution >= 4 is 16.8 Å². The second kappa shape index (κ2) is 7.53. The van der Waals surface area contributed by atoms with Gasteiger partial charge in [0, 0.05) is 43.7 Å². The smallest absolute Gasteiger partial charge is 0.238 e. The van der Waals surface area contributed by atoms with E-state index in [-0.39, 0.29) is 17.9 Å². The summed E-state index contributed by atoms with van der Waals surface area (Å²) in [5, 5.41) is 4.64. The molecule has 0 saturated heterocycles. The van der Waals surface area contributed by atoms with E-state index in [0.29, 0.717) is 6.54 Å². The average molecular weight is 335 g/mol. The number of benzene rings is 2. The molecule has 130 valence electrons. The monoisotopic (exact) mass is 335 g/mol. The highest BCUT2D eigenvalue weighted by atomic mass is 16.2. The molecule has 1 heterocycles. The lowest BCUT2D eigenvalue weighted by Crippen LogP contribution is -2.43. The van der Waals surface area contributed by atoms with E-state index in [1.807, 2.05) is 19.1 Å². The van der Waals surface area contributed by atoms with Gasteiger partial charge in [-0.05, 0) is 24.1 Å². The first-order valence-corrected chi connectivity index (χ1v) is 8.63. The number of carbonyl (C=O) groups is 1. The van der Waals surface area contributed by atoms with E-state index in [1.54, 1.807) is 19.0 Å². The van der Waals surface area contributed by atoms with Gasteiger partial charge in [0.05, 0.1) is 6.04 Å². The van der Waals surface area contributed by atoms with Gasteiger partial charge in [0.25, 0.3) is 0 Å². The van der Waals surface area contributed by atoms with Gasteiger partial charge >= 0.3 is 0 Å². The number of nitrogens with one attached hydrogen (secondary N) is 2. The van der Waals surface area contributed by atoms with Crippen LogP contribution in [0.15, 0.2) is 60.8 Å². The summed E-state index contributed by atoms with van der Waals surface area (Å²) in [6, 6.07) is 18.6. The van der Waals surface area contributed by atoms with Gasteiger partial charge in [0.15, 0.2) is 0 Å². The van der Waals surface area contributed by atoms with Crippen molar-refractivity contribution in [3.8, 4) is 0 Å². The van der Waals surface area contributed by atoms with Crippen LogP contribution in [-0.4, -0.2) is 42.5 Å². The Morgan fingerprint density at radius 1 is 1.08 bits per heavy atom. The zero-order valence-electron chi connectivity index (χ0n) is 15.0. The number of fused-ring (bicyclic) bond motifs is 1. The summed E-state index contributed by atoms with van der Waals surface area (Å²) in [4.78, 5) is 17.1. The Balaban J connectivity index is 1.90. The Labute approximate surface area is 148 Å². The summed E-state index contributed by atoms with van der Waals surface area (Å²) in [5.74, 6) is 0.264. The minimum atomic E-state index is -0.216. The van der Waals surface area contributed by atoms with Gasteiger partial charge < -0.3 is 15.2 Å². The summed E-state index contributed by atoms with van der Waals surface area (Å²) in [7, 11) is 3.57. The molecule has 4 heteroatoms. The number of likely N-dealkylation sites (N-methyl/N-ethyl adjacent to an activating group) is 1. The van der Waals surface area contributed by atoms with Crippen LogP contribution in [0.2, 0.25) is 0 Å². The second-order valence-electron chi connectivity index (χ2n) is 6.62. The molecule has 0 aliphatic heterocycles. The van der Waals surface area contributed by atoms with Crippen molar-refractivity contribution in [2.24, 2.45) is 0 Å². The van der Waals surface area contributed by atoms with Crippen molar-refractivity contribution < 1.29 is 4.79 Å². The predicted octanol–water partition coefficient (Wildman–Crippen LogP) is 3.37. The molecule has 0 saturated carbocycles. The predicted molar refractivity (Wildman–Crippen MR) is 103 cm³/mol. The molecule has 0 aliphatic carbocycles. The van der Waals surface area contributed by atoms with Crippen molar-refractivity contribution in [2.75, 3.05) is 20.6 Å². The van der Waals surface area contributed by atoms with Gasteiger partial charge in [0.2, 0.25) is 5.91 Å². The highest BCUT2D eigenvalue weighted by molar-refractivity contribution is 5.84. The van der Waals surface area contributed by atoms with Crippen LogP contribution in [0.5, 0.6) is 0 Å². The first-order chi connectivity index (χ1) is 12.1. The molecule has 1 amide bonds. The maximum Gasteiger partial charge on any atom is 0.238 e. The number of aromatic amines is 1. The Bertz CT molecular complexity index is 838. The van der Waals surface area contributed by atoms with Crippen LogP contribution in [0.3, 0.4) is 0 Å². The van der Waals surface area contributed by atoms with E-state index in [2.05, 4.69) is 59.0 Å². The van der Waals surface area contributed by atoms with Crippen molar-refractivity contribution in [2.45, 2.75) is 18.9 Å². The zero-order chi connectivity index (χ0) is 17.8. The van der Waals surface area contributed by atoms with Crippen molar-refractivity contribution in [1.29, 1.82) is 0 Å². The topological polar surface area (TPSA) is 48.1 Å². The van der Waals surface area contributed by atoms with Gasteiger partial charge in [-0.2, -0.15) is 0 Å². The minimum absolute atomic E-state index is 0.0886. The van der Waals surface area contributed by atoms with Crippen LogP contribution in [0.25, 0.3) is 10.9 Å². The van der Waals surface area contributed by atoms with Crippen LogP contribution in [0.1, 0.15) is 24.0 Å². The standard InChI is InChI=1S/C21H25N3O/c1-15(21(25)24(2)3)22-13-18(16-9-5-4-6-10-16)19-14-23-20-12-8-7-11-17(19)20/h4-12,14-15,18,22-23H,13H2,1-3H3/t15-,18-/m0/s1. The number of H-pyrrole nitrogens is 1. The molecule has 3 rings (SSSR count). The van der Waals surface area contributed by atoms with E-state index < -0.39 is 0 Å². The fraction of sp³-hybridized carbons (Fsp3) is 0.286. The summed E-state index contributed by atoms with van der Waals surface area (Å²) >= 11 is 0.